The number of hydrogen-bond donors (Lipinski definition) is 0. The van der Waals surface area contributed by atoms with Gasteiger partial charge in [0.25, 0.3) is 5.69 Å². The Kier molecular flexibility index (Phi) is 2.11. The van der Waals surface area contributed by atoms with Gasteiger partial charge in [-0.3, -0.25) is 10.1 Å². The Morgan fingerprint density at radius 3 is 2.93 bits per heavy atom. The maximum atomic E-state index is 10.6. The summed E-state index contributed by atoms with van der Waals surface area (Å²) < 4.78 is 0. The molecule has 74 valence electrons. The van der Waals surface area contributed by atoms with Gasteiger partial charge >= 0.3 is 0 Å². The minimum absolute atomic E-state index is 0.158. The lowest BCUT2D eigenvalue weighted by atomic mass is 10.2. The van der Waals surface area contributed by atoms with E-state index in [-0.39, 0.29) is 10.6 Å². The van der Waals surface area contributed by atoms with Crippen molar-refractivity contribution in [2.24, 2.45) is 0 Å². The summed E-state index contributed by atoms with van der Waals surface area (Å²) in [5, 5.41) is 10.9. The lowest BCUT2D eigenvalue weighted by Gasteiger charge is -2.16. The third-order valence-corrected chi connectivity index (χ3v) is 3.63. The van der Waals surface area contributed by atoms with Crippen molar-refractivity contribution in [1.29, 1.82) is 0 Å². The molecule has 0 fully saturated rings. The van der Waals surface area contributed by atoms with Gasteiger partial charge in [-0.2, -0.15) is 0 Å². The van der Waals surface area contributed by atoms with Gasteiger partial charge in [-0.15, -0.1) is 0 Å². The van der Waals surface area contributed by atoms with Gasteiger partial charge in [0, 0.05) is 24.1 Å². The summed E-state index contributed by atoms with van der Waals surface area (Å²) in [7, 11) is 1.95. The van der Waals surface area contributed by atoms with Crippen LogP contribution in [0.15, 0.2) is 23.1 Å². The number of non-ortho nitro benzene ring substituents is 1. The van der Waals surface area contributed by atoms with E-state index in [0.29, 0.717) is 5.37 Å². The van der Waals surface area contributed by atoms with E-state index in [1.807, 2.05) is 18.0 Å². The van der Waals surface area contributed by atoms with Crippen LogP contribution in [0, 0.1) is 10.1 Å². The van der Waals surface area contributed by atoms with E-state index < -0.39 is 0 Å². The van der Waals surface area contributed by atoms with Crippen molar-refractivity contribution in [3.63, 3.8) is 0 Å². The molecule has 1 atom stereocenters. The second kappa shape index (κ2) is 3.16. The molecule has 1 unspecified atom stereocenters. The van der Waals surface area contributed by atoms with Crippen LogP contribution in [0.3, 0.4) is 0 Å². The van der Waals surface area contributed by atoms with Crippen LogP contribution in [0.1, 0.15) is 6.92 Å². The average Bonchev–Trinajstić information content (AvgIpc) is 2.43. The Labute approximate surface area is 86.1 Å². The van der Waals surface area contributed by atoms with Gasteiger partial charge in [-0.25, -0.2) is 0 Å². The van der Waals surface area contributed by atoms with Crippen LogP contribution in [-0.4, -0.2) is 17.3 Å². The van der Waals surface area contributed by atoms with Gasteiger partial charge in [-0.05, 0) is 13.0 Å². The Morgan fingerprint density at radius 2 is 2.29 bits per heavy atom. The second-order valence-electron chi connectivity index (χ2n) is 3.24. The van der Waals surface area contributed by atoms with Gasteiger partial charge in [0.15, 0.2) is 0 Å². The second-order valence-corrected chi connectivity index (χ2v) is 4.59. The Morgan fingerprint density at radius 1 is 1.57 bits per heavy atom. The van der Waals surface area contributed by atoms with Crippen LogP contribution in [0.2, 0.25) is 0 Å². The van der Waals surface area contributed by atoms with Crippen molar-refractivity contribution in [3.8, 4) is 0 Å². The van der Waals surface area contributed by atoms with Crippen LogP contribution in [0.25, 0.3) is 0 Å². The van der Waals surface area contributed by atoms with Crippen molar-refractivity contribution in [2.75, 3.05) is 11.9 Å². The topological polar surface area (TPSA) is 46.4 Å². The lowest BCUT2D eigenvalue weighted by Crippen LogP contribution is -2.20. The summed E-state index contributed by atoms with van der Waals surface area (Å²) in [5.74, 6) is 0. The molecule has 1 aliphatic rings. The highest BCUT2D eigenvalue weighted by atomic mass is 32.2. The summed E-state index contributed by atoms with van der Waals surface area (Å²) in [6, 6.07) is 5.00. The lowest BCUT2D eigenvalue weighted by molar-refractivity contribution is -0.384. The van der Waals surface area contributed by atoms with Gasteiger partial charge < -0.3 is 4.90 Å². The zero-order valence-electron chi connectivity index (χ0n) is 7.93. The van der Waals surface area contributed by atoms with Crippen LogP contribution >= 0.6 is 11.8 Å². The molecular formula is C9H10N2O2S. The molecule has 1 heterocycles. The van der Waals surface area contributed by atoms with E-state index in [2.05, 4.69) is 6.92 Å². The fourth-order valence-electron chi connectivity index (χ4n) is 1.45. The van der Waals surface area contributed by atoms with Gasteiger partial charge in [0.1, 0.15) is 0 Å². The molecule has 0 spiro atoms. The molecule has 4 nitrogen and oxygen atoms in total. The number of hydrogen-bond acceptors (Lipinski definition) is 4. The average molecular weight is 210 g/mol. The monoisotopic (exact) mass is 210 g/mol. The zero-order chi connectivity index (χ0) is 10.3. The first-order chi connectivity index (χ1) is 6.59. The quantitative estimate of drug-likeness (QED) is 0.527. The zero-order valence-corrected chi connectivity index (χ0v) is 8.75. The number of benzene rings is 1. The summed E-state index contributed by atoms with van der Waals surface area (Å²) in [5.41, 5.74) is 1.11. The van der Waals surface area contributed by atoms with Gasteiger partial charge in [0.2, 0.25) is 0 Å². The molecule has 14 heavy (non-hydrogen) atoms. The number of nitrogens with zero attached hydrogens (tertiary/aromatic N) is 2. The van der Waals surface area contributed by atoms with E-state index in [1.54, 1.807) is 23.9 Å². The normalized spacial score (nSPS) is 19.6. The third kappa shape index (κ3) is 1.33. The first-order valence-corrected chi connectivity index (χ1v) is 5.15. The SMILES string of the molecule is CC1Sc2ccc([N+](=O)[O-])cc2N1C. The Balaban J connectivity index is 2.46. The van der Waals surface area contributed by atoms with Gasteiger partial charge in [-0.1, -0.05) is 11.8 Å². The van der Waals surface area contributed by atoms with E-state index in [4.69, 9.17) is 0 Å². The molecule has 0 saturated heterocycles. The minimum atomic E-state index is -0.359. The largest absolute Gasteiger partial charge is 0.361 e. The molecule has 1 aliphatic heterocycles. The summed E-state index contributed by atoms with van der Waals surface area (Å²) in [6.07, 6.45) is 0. The molecule has 1 aromatic carbocycles. The molecule has 2 rings (SSSR count). The number of nitro groups is 1. The molecule has 1 aromatic rings. The molecule has 0 bridgehead atoms. The maximum absolute atomic E-state index is 10.6. The standard InChI is InChI=1S/C9H10N2O2S/c1-6-10(2)8-5-7(11(12)13)3-4-9(8)14-6/h3-6H,1-2H3. The Hall–Kier alpha value is -1.23. The molecule has 0 aromatic heterocycles. The highest BCUT2D eigenvalue weighted by Gasteiger charge is 2.25. The van der Waals surface area contributed by atoms with E-state index in [0.717, 1.165) is 10.6 Å². The highest BCUT2D eigenvalue weighted by molar-refractivity contribution is 8.00. The maximum Gasteiger partial charge on any atom is 0.271 e. The van der Waals surface area contributed by atoms with Crippen molar-refractivity contribution < 1.29 is 4.92 Å². The fourth-order valence-corrected chi connectivity index (χ4v) is 2.56. The third-order valence-electron chi connectivity index (χ3n) is 2.38. The van der Waals surface area contributed by atoms with Crippen LogP contribution < -0.4 is 4.90 Å². The van der Waals surface area contributed by atoms with Crippen molar-refractivity contribution in [1.82, 2.24) is 0 Å². The molecule has 5 heteroatoms. The molecule has 0 radical (unpaired) electrons. The number of thioether (sulfide) groups is 1. The van der Waals surface area contributed by atoms with E-state index in [1.165, 1.54) is 0 Å². The van der Waals surface area contributed by atoms with Crippen molar-refractivity contribution in [2.45, 2.75) is 17.2 Å². The predicted molar refractivity (Wildman–Crippen MR) is 56.8 cm³/mol. The molecule has 0 aliphatic carbocycles. The van der Waals surface area contributed by atoms with Crippen LogP contribution in [0.4, 0.5) is 11.4 Å². The summed E-state index contributed by atoms with van der Waals surface area (Å²) in [6.45, 7) is 2.08. The highest BCUT2D eigenvalue weighted by Crippen LogP contribution is 2.43. The smallest absolute Gasteiger partial charge is 0.271 e. The van der Waals surface area contributed by atoms with Crippen molar-refractivity contribution >= 4 is 23.1 Å². The molecule has 0 N–H and O–H groups in total. The van der Waals surface area contributed by atoms with E-state index in [9.17, 15) is 10.1 Å². The summed E-state index contributed by atoms with van der Waals surface area (Å²) in [4.78, 5) is 13.4. The fraction of sp³-hybridized carbons (Fsp3) is 0.333. The van der Waals surface area contributed by atoms with E-state index >= 15 is 0 Å². The first-order valence-electron chi connectivity index (χ1n) is 4.27. The minimum Gasteiger partial charge on any atom is -0.361 e. The van der Waals surface area contributed by atoms with Crippen molar-refractivity contribution in [3.05, 3.63) is 28.3 Å². The molecule has 0 saturated carbocycles. The molecular weight excluding hydrogens is 200 g/mol. The summed E-state index contributed by atoms with van der Waals surface area (Å²) >= 11 is 1.72. The Bertz CT molecular complexity index is 394. The number of anilines is 1. The number of fused-ring (bicyclic) bond motifs is 1. The first kappa shape index (κ1) is 9.33. The number of rotatable bonds is 1. The van der Waals surface area contributed by atoms with Crippen LogP contribution in [0.5, 0.6) is 0 Å². The van der Waals surface area contributed by atoms with Gasteiger partial charge in [0.05, 0.1) is 16.0 Å². The molecule has 0 amide bonds. The predicted octanol–water partition coefficient (Wildman–Crippen LogP) is 2.48. The number of nitro benzene ring substituents is 1. The van der Waals surface area contributed by atoms with Crippen LogP contribution in [-0.2, 0) is 0 Å².